The summed E-state index contributed by atoms with van der Waals surface area (Å²) >= 11 is 1.35. The van der Waals surface area contributed by atoms with E-state index in [-0.39, 0.29) is 12.5 Å². The smallest absolute Gasteiger partial charge is 0.339 e. The van der Waals surface area contributed by atoms with E-state index in [2.05, 4.69) is 9.97 Å². The summed E-state index contributed by atoms with van der Waals surface area (Å²) in [5.41, 5.74) is 7.11. The minimum Gasteiger partial charge on any atom is -0.454 e. The number of thioether (sulfide) groups is 1. The van der Waals surface area contributed by atoms with Crippen molar-refractivity contribution in [3.05, 3.63) is 59.9 Å². The number of carbonyl (C=O) groups excluding carboxylic acids is 2. The standard InChI is InChI=1S/C22H22N4O3S/c23-21-15-7-1-3-9-17(15)24-19(25-21)13-29-22(28)16-8-2-4-10-18(16)30-14-20(27)26-11-5-6-12-26/h1-4,7-10H,5-6,11-14H2,(H2,23,24,25). The van der Waals surface area contributed by atoms with Crippen molar-refractivity contribution in [1.82, 2.24) is 14.9 Å². The van der Waals surface area contributed by atoms with Crippen molar-refractivity contribution in [1.29, 1.82) is 0 Å². The highest BCUT2D eigenvalue weighted by atomic mass is 32.2. The zero-order valence-corrected chi connectivity index (χ0v) is 17.2. The highest BCUT2D eigenvalue weighted by molar-refractivity contribution is 8.00. The molecular weight excluding hydrogens is 400 g/mol. The Morgan fingerprint density at radius 3 is 2.60 bits per heavy atom. The normalized spacial score (nSPS) is 13.5. The molecule has 0 atom stereocenters. The van der Waals surface area contributed by atoms with E-state index in [0.717, 1.165) is 31.3 Å². The van der Waals surface area contributed by atoms with Gasteiger partial charge in [0.15, 0.2) is 12.4 Å². The van der Waals surface area contributed by atoms with Gasteiger partial charge in [0, 0.05) is 23.4 Å². The zero-order chi connectivity index (χ0) is 20.9. The lowest BCUT2D eigenvalue weighted by Gasteiger charge is -2.15. The van der Waals surface area contributed by atoms with Crippen LogP contribution in [-0.4, -0.2) is 45.6 Å². The average molecular weight is 423 g/mol. The highest BCUT2D eigenvalue weighted by Crippen LogP contribution is 2.25. The van der Waals surface area contributed by atoms with Crippen LogP contribution in [0.1, 0.15) is 29.0 Å². The molecule has 1 aromatic heterocycles. The van der Waals surface area contributed by atoms with Crippen molar-refractivity contribution in [2.24, 2.45) is 0 Å². The van der Waals surface area contributed by atoms with Gasteiger partial charge in [-0.1, -0.05) is 24.3 Å². The van der Waals surface area contributed by atoms with Crippen LogP contribution in [0.2, 0.25) is 0 Å². The Balaban J connectivity index is 1.42. The molecule has 0 bridgehead atoms. The van der Waals surface area contributed by atoms with Crippen LogP contribution in [0.15, 0.2) is 53.4 Å². The van der Waals surface area contributed by atoms with E-state index in [0.29, 0.717) is 33.4 Å². The number of carbonyl (C=O) groups is 2. The third-order valence-electron chi connectivity index (χ3n) is 4.93. The number of ether oxygens (including phenoxy) is 1. The van der Waals surface area contributed by atoms with Gasteiger partial charge in [0.25, 0.3) is 0 Å². The lowest BCUT2D eigenvalue weighted by atomic mass is 10.2. The number of hydrogen-bond acceptors (Lipinski definition) is 7. The van der Waals surface area contributed by atoms with Crippen molar-refractivity contribution < 1.29 is 14.3 Å². The molecule has 1 amide bonds. The first-order chi connectivity index (χ1) is 14.6. The molecule has 2 heterocycles. The summed E-state index contributed by atoms with van der Waals surface area (Å²) in [6.07, 6.45) is 2.11. The number of benzene rings is 2. The number of aromatic nitrogens is 2. The van der Waals surface area contributed by atoms with Crippen molar-refractivity contribution in [2.75, 3.05) is 24.6 Å². The maximum atomic E-state index is 12.7. The Bertz CT molecular complexity index is 1080. The van der Waals surface area contributed by atoms with Crippen molar-refractivity contribution >= 4 is 40.4 Å². The minimum absolute atomic E-state index is 0.0838. The number of fused-ring (bicyclic) bond motifs is 1. The first-order valence-corrected chi connectivity index (χ1v) is 10.8. The molecule has 1 saturated heterocycles. The van der Waals surface area contributed by atoms with E-state index in [9.17, 15) is 9.59 Å². The van der Waals surface area contributed by atoms with Crippen LogP contribution in [0.3, 0.4) is 0 Å². The second-order valence-corrected chi connectivity index (χ2v) is 8.01. The topological polar surface area (TPSA) is 98.4 Å². The molecule has 0 spiro atoms. The summed E-state index contributed by atoms with van der Waals surface area (Å²) in [5, 5.41) is 0.761. The number of anilines is 1. The first kappa shape index (κ1) is 20.2. The van der Waals surface area contributed by atoms with Crippen LogP contribution in [0, 0.1) is 0 Å². The predicted molar refractivity (Wildman–Crippen MR) is 116 cm³/mol. The van der Waals surface area contributed by atoms with E-state index in [1.54, 1.807) is 12.1 Å². The van der Waals surface area contributed by atoms with Gasteiger partial charge in [-0.3, -0.25) is 4.79 Å². The number of nitrogens with two attached hydrogens (primary N) is 1. The maximum absolute atomic E-state index is 12.7. The number of amides is 1. The van der Waals surface area contributed by atoms with Crippen LogP contribution in [-0.2, 0) is 16.1 Å². The Labute approximate surface area is 178 Å². The molecular formula is C22H22N4O3S. The molecule has 0 unspecified atom stereocenters. The van der Waals surface area contributed by atoms with Crippen LogP contribution in [0.25, 0.3) is 10.9 Å². The molecule has 1 aliphatic rings. The zero-order valence-electron chi connectivity index (χ0n) is 16.4. The molecule has 0 saturated carbocycles. The number of nitrogen functional groups attached to an aromatic ring is 1. The summed E-state index contributed by atoms with van der Waals surface area (Å²) in [6, 6.07) is 14.5. The van der Waals surface area contributed by atoms with Crippen LogP contribution < -0.4 is 5.73 Å². The van der Waals surface area contributed by atoms with E-state index < -0.39 is 5.97 Å². The molecule has 4 rings (SSSR count). The molecule has 154 valence electrons. The molecule has 7 nitrogen and oxygen atoms in total. The number of esters is 1. The monoisotopic (exact) mass is 422 g/mol. The summed E-state index contributed by atoms with van der Waals surface area (Å²) < 4.78 is 5.44. The number of rotatable bonds is 6. The summed E-state index contributed by atoms with van der Waals surface area (Å²) in [7, 11) is 0. The average Bonchev–Trinajstić information content (AvgIpc) is 3.31. The lowest BCUT2D eigenvalue weighted by molar-refractivity contribution is -0.127. The quantitative estimate of drug-likeness (QED) is 0.481. The fraction of sp³-hybridized carbons (Fsp3) is 0.273. The van der Waals surface area contributed by atoms with Crippen LogP contribution in [0.4, 0.5) is 5.82 Å². The van der Waals surface area contributed by atoms with Gasteiger partial charge in [-0.25, -0.2) is 14.8 Å². The van der Waals surface area contributed by atoms with E-state index in [1.165, 1.54) is 11.8 Å². The second-order valence-electron chi connectivity index (χ2n) is 6.99. The van der Waals surface area contributed by atoms with E-state index in [4.69, 9.17) is 10.5 Å². The van der Waals surface area contributed by atoms with Crippen molar-refractivity contribution in [3.8, 4) is 0 Å². The van der Waals surface area contributed by atoms with Crippen LogP contribution in [0.5, 0.6) is 0 Å². The molecule has 1 aliphatic heterocycles. The molecule has 0 radical (unpaired) electrons. The van der Waals surface area contributed by atoms with E-state index in [1.807, 2.05) is 41.3 Å². The number of para-hydroxylation sites is 1. The first-order valence-electron chi connectivity index (χ1n) is 9.79. The summed E-state index contributed by atoms with van der Waals surface area (Å²) in [6.45, 7) is 1.55. The molecule has 2 aromatic carbocycles. The molecule has 8 heteroatoms. The predicted octanol–water partition coefficient (Wildman–Crippen LogP) is 3.28. The third-order valence-corrected chi connectivity index (χ3v) is 5.99. The molecule has 2 N–H and O–H groups in total. The molecule has 3 aromatic rings. The fourth-order valence-electron chi connectivity index (χ4n) is 3.38. The summed E-state index contributed by atoms with van der Waals surface area (Å²) in [4.78, 5) is 36.2. The Hall–Kier alpha value is -3.13. The second kappa shape index (κ2) is 9.13. The van der Waals surface area contributed by atoms with Gasteiger partial charge in [0.05, 0.1) is 16.8 Å². The minimum atomic E-state index is -0.484. The molecule has 30 heavy (non-hydrogen) atoms. The Morgan fingerprint density at radius 2 is 1.77 bits per heavy atom. The van der Waals surface area contributed by atoms with Gasteiger partial charge in [0.2, 0.25) is 5.91 Å². The lowest BCUT2D eigenvalue weighted by Crippen LogP contribution is -2.29. The van der Waals surface area contributed by atoms with Gasteiger partial charge in [-0.05, 0) is 37.1 Å². The van der Waals surface area contributed by atoms with E-state index >= 15 is 0 Å². The summed E-state index contributed by atoms with van der Waals surface area (Å²) in [5.74, 6) is 0.605. The molecule has 0 aliphatic carbocycles. The largest absolute Gasteiger partial charge is 0.454 e. The van der Waals surface area contributed by atoms with Gasteiger partial charge in [0.1, 0.15) is 5.82 Å². The van der Waals surface area contributed by atoms with Gasteiger partial charge in [-0.2, -0.15) is 0 Å². The number of nitrogens with zero attached hydrogens (tertiary/aromatic N) is 3. The molecule has 1 fully saturated rings. The number of likely N-dealkylation sites (tertiary alicyclic amines) is 1. The van der Waals surface area contributed by atoms with Gasteiger partial charge in [-0.15, -0.1) is 11.8 Å². The van der Waals surface area contributed by atoms with Gasteiger partial charge < -0.3 is 15.4 Å². The maximum Gasteiger partial charge on any atom is 0.339 e. The Kier molecular flexibility index (Phi) is 6.13. The SMILES string of the molecule is Nc1nc(COC(=O)c2ccccc2SCC(=O)N2CCCC2)nc2ccccc12. The van der Waals surface area contributed by atoms with Crippen molar-refractivity contribution in [2.45, 2.75) is 24.3 Å². The highest BCUT2D eigenvalue weighted by Gasteiger charge is 2.20. The third kappa shape index (κ3) is 4.54. The fourth-order valence-corrected chi connectivity index (χ4v) is 4.33. The Morgan fingerprint density at radius 1 is 1.03 bits per heavy atom. The number of hydrogen-bond donors (Lipinski definition) is 1. The van der Waals surface area contributed by atoms with Crippen LogP contribution >= 0.6 is 11.8 Å². The van der Waals surface area contributed by atoms with Gasteiger partial charge >= 0.3 is 5.97 Å². The van der Waals surface area contributed by atoms with Crippen molar-refractivity contribution in [3.63, 3.8) is 0 Å².